The molecule has 0 radical (unpaired) electrons. The Bertz CT molecular complexity index is 687. The number of esters is 1. The number of allylic oxidation sites excluding steroid dienone is 1. The largest absolute Gasteiger partial charge is 0.460 e. The predicted molar refractivity (Wildman–Crippen MR) is 90.2 cm³/mol. The van der Waals surface area contributed by atoms with E-state index < -0.39 is 17.8 Å². The van der Waals surface area contributed by atoms with Crippen molar-refractivity contribution in [2.75, 3.05) is 20.3 Å². The fourth-order valence-electron chi connectivity index (χ4n) is 2.88. The van der Waals surface area contributed by atoms with Gasteiger partial charge in [-0.25, -0.2) is 14.0 Å². The van der Waals surface area contributed by atoms with Gasteiger partial charge >= 0.3 is 12.0 Å². The lowest BCUT2D eigenvalue weighted by Crippen LogP contribution is -2.50. The molecule has 0 aromatic heterocycles. The normalized spacial score (nSPS) is 17.8. The molecule has 1 aromatic rings. The average Bonchev–Trinajstić information content (AvgIpc) is 2.54. The molecular formula is C18H23FN2O4. The van der Waals surface area contributed by atoms with E-state index in [1.165, 1.54) is 30.2 Å². The van der Waals surface area contributed by atoms with Gasteiger partial charge in [0.15, 0.2) is 0 Å². The van der Waals surface area contributed by atoms with Crippen LogP contribution in [0.25, 0.3) is 0 Å². The fraction of sp³-hybridized carbons (Fsp3) is 0.444. The maximum absolute atomic E-state index is 13.6. The van der Waals surface area contributed by atoms with Crippen LogP contribution in [0.15, 0.2) is 35.5 Å². The Morgan fingerprint density at radius 1 is 1.36 bits per heavy atom. The molecule has 0 bridgehead atoms. The Hall–Kier alpha value is -2.41. The van der Waals surface area contributed by atoms with Gasteiger partial charge in [-0.15, -0.1) is 0 Å². The van der Waals surface area contributed by atoms with E-state index in [1.807, 2.05) is 13.8 Å². The maximum Gasteiger partial charge on any atom is 0.338 e. The van der Waals surface area contributed by atoms with E-state index in [0.29, 0.717) is 11.3 Å². The molecule has 1 atom stereocenters. The number of urea groups is 1. The number of amides is 2. The van der Waals surface area contributed by atoms with Gasteiger partial charge in [0.1, 0.15) is 12.4 Å². The smallest absolute Gasteiger partial charge is 0.338 e. The zero-order valence-electron chi connectivity index (χ0n) is 14.8. The first-order chi connectivity index (χ1) is 11.9. The molecule has 1 aliphatic heterocycles. The van der Waals surface area contributed by atoms with E-state index in [-0.39, 0.29) is 30.9 Å². The highest BCUT2D eigenvalue weighted by Crippen LogP contribution is 2.32. The molecule has 0 saturated carbocycles. The van der Waals surface area contributed by atoms with E-state index in [2.05, 4.69) is 5.32 Å². The number of halogens is 1. The van der Waals surface area contributed by atoms with Crippen molar-refractivity contribution in [1.82, 2.24) is 10.2 Å². The first kappa shape index (κ1) is 18.9. The van der Waals surface area contributed by atoms with Crippen molar-refractivity contribution in [3.63, 3.8) is 0 Å². The quantitative estimate of drug-likeness (QED) is 0.633. The number of ether oxygens (including phenoxy) is 2. The molecular weight excluding hydrogens is 327 g/mol. The van der Waals surface area contributed by atoms with Crippen molar-refractivity contribution < 1.29 is 23.5 Å². The molecule has 0 spiro atoms. The lowest BCUT2D eigenvalue weighted by Gasteiger charge is -2.37. The molecule has 0 unspecified atom stereocenters. The summed E-state index contributed by atoms with van der Waals surface area (Å²) in [6, 6.07) is 4.55. The molecule has 7 heteroatoms. The molecule has 25 heavy (non-hydrogen) atoms. The summed E-state index contributed by atoms with van der Waals surface area (Å²) in [5.41, 5.74) is 1.26. The van der Waals surface area contributed by atoms with Gasteiger partial charge < -0.3 is 14.8 Å². The molecule has 6 nitrogen and oxygen atoms in total. The second-order valence-corrected chi connectivity index (χ2v) is 6.03. The number of hydrogen-bond donors (Lipinski definition) is 1. The Morgan fingerprint density at radius 3 is 2.68 bits per heavy atom. The van der Waals surface area contributed by atoms with E-state index in [1.54, 1.807) is 13.0 Å². The zero-order valence-corrected chi connectivity index (χ0v) is 14.8. The topological polar surface area (TPSA) is 67.9 Å². The third-order valence-electron chi connectivity index (χ3n) is 3.97. The monoisotopic (exact) mass is 350 g/mol. The standard InChI is InChI=1S/C18H23FN2O4/c1-11(2)21-12(3)15(17(22)25-9-8-24-4)16(20-18(21)23)13-6-5-7-14(19)10-13/h5-7,10-11,16H,8-9H2,1-4H3,(H,20,23)/t16-/m0/s1. The van der Waals surface area contributed by atoms with Crippen molar-refractivity contribution in [2.45, 2.75) is 32.9 Å². The fourth-order valence-corrected chi connectivity index (χ4v) is 2.88. The second-order valence-electron chi connectivity index (χ2n) is 6.03. The Morgan fingerprint density at radius 2 is 2.08 bits per heavy atom. The summed E-state index contributed by atoms with van der Waals surface area (Å²) >= 11 is 0. The third kappa shape index (κ3) is 4.17. The average molecular weight is 350 g/mol. The summed E-state index contributed by atoms with van der Waals surface area (Å²) in [6.45, 7) is 5.75. The van der Waals surface area contributed by atoms with Crippen molar-refractivity contribution in [3.8, 4) is 0 Å². The Balaban J connectivity index is 2.45. The number of nitrogens with zero attached hydrogens (tertiary/aromatic N) is 1. The van der Waals surface area contributed by atoms with Crippen LogP contribution in [-0.2, 0) is 14.3 Å². The van der Waals surface area contributed by atoms with Gasteiger partial charge in [0, 0.05) is 18.8 Å². The van der Waals surface area contributed by atoms with Gasteiger partial charge in [-0.2, -0.15) is 0 Å². The van der Waals surface area contributed by atoms with Gasteiger partial charge in [-0.05, 0) is 38.5 Å². The van der Waals surface area contributed by atoms with Gasteiger partial charge in [0.05, 0.1) is 18.2 Å². The van der Waals surface area contributed by atoms with Crippen molar-refractivity contribution in [2.24, 2.45) is 0 Å². The lowest BCUT2D eigenvalue weighted by molar-refractivity contribution is -0.140. The van der Waals surface area contributed by atoms with Crippen LogP contribution in [0.2, 0.25) is 0 Å². The number of carbonyl (C=O) groups excluding carboxylic acids is 2. The number of nitrogens with one attached hydrogen (secondary N) is 1. The minimum atomic E-state index is -0.770. The summed E-state index contributed by atoms with van der Waals surface area (Å²) in [7, 11) is 1.51. The van der Waals surface area contributed by atoms with Crippen LogP contribution in [-0.4, -0.2) is 43.3 Å². The maximum atomic E-state index is 13.6. The molecule has 136 valence electrons. The minimum absolute atomic E-state index is 0.0949. The zero-order chi connectivity index (χ0) is 18.6. The van der Waals surface area contributed by atoms with Gasteiger partial charge in [-0.1, -0.05) is 12.1 Å². The highest BCUT2D eigenvalue weighted by molar-refractivity contribution is 5.95. The number of rotatable bonds is 6. The highest BCUT2D eigenvalue weighted by atomic mass is 19.1. The van der Waals surface area contributed by atoms with Crippen molar-refractivity contribution in [1.29, 1.82) is 0 Å². The van der Waals surface area contributed by atoms with E-state index >= 15 is 0 Å². The Kier molecular flexibility index (Phi) is 6.14. The van der Waals surface area contributed by atoms with Gasteiger partial charge in [0.25, 0.3) is 0 Å². The lowest BCUT2D eigenvalue weighted by atomic mass is 9.94. The van der Waals surface area contributed by atoms with Crippen LogP contribution in [0.4, 0.5) is 9.18 Å². The number of carbonyl (C=O) groups is 2. The van der Waals surface area contributed by atoms with Gasteiger partial charge in [-0.3, -0.25) is 4.90 Å². The SMILES string of the molecule is COCCOC(=O)C1=C(C)N(C(C)C)C(=O)N[C@H]1c1cccc(F)c1. The molecule has 1 N–H and O–H groups in total. The van der Waals surface area contributed by atoms with E-state index in [4.69, 9.17) is 9.47 Å². The number of hydrogen-bond acceptors (Lipinski definition) is 4. The van der Waals surface area contributed by atoms with Crippen LogP contribution in [0.5, 0.6) is 0 Å². The first-order valence-electron chi connectivity index (χ1n) is 8.08. The van der Waals surface area contributed by atoms with Gasteiger partial charge in [0.2, 0.25) is 0 Å². The first-order valence-corrected chi connectivity index (χ1v) is 8.08. The molecule has 0 fully saturated rings. The Labute approximate surface area is 146 Å². The van der Waals surface area contributed by atoms with Crippen LogP contribution < -0.4 is 5.32 Å². The van der Waals surface area contributed by atoms with E-state index in [0.717, 1.165) is 0 Å². The molecule has 1 heterocycles. The van der Waals surface area contributed by atoms with Crippen LogP contribution in [0, 0.1) is 5.82 Å². The number of benzene rings is 1. The molecule has 0 saturated heterocycles. The predicted octanol–water partition coefficient (Wildman–Crippen LogP) is 2.76. The second kappa shape index (κ2) is 8.11. The summed E-state index contributed by atoms with van der Waals surface area (Å²) < 4.78 is 23.8. The number of methoxy groups -OCH3 is 1. The minimum Gasteiger partial charge on any atom is -0.460 e. The molecule has 0 aliphatic carbocycles. The van der Waals surface area contributed by atoms with Crippen molar-refractivity contribution in [3.05, 3.63) is 46.9 Å². The van der Waals surface area contributed by atoms with Crippen LogP contribution in [0.3, 0.4) is 0 Å². The van der Waals surface area contributed by atoms with E-state index in [9.17, 15) is 14.0 Å². The molecule has 2 rings (SSSR count). The summed E-state index contributed by atoms with van der Waals surface area (Å²) in [6.07, 6.45) is 0. The molecule has 1 aliphatic rings. The van der Waals surface area contributed by atoms with Crippen molar-refractivity contribution >= 4 is 12.0 Å². The molecule has 2 amide bonds. The van der Waals surface area contributed by atoms with Crippen LogP contribution in [0.1, 0.15) is 32.4 Å². The summed E-state index contributed by atoms with van der Waals surface area (Å²) in [5.74, 6) is -1.00. The molecule has 1 aromatic carbocycles. The van der Waals surface area contributed by atoms with Crippen LogP contribution >= 0.6 is 0 Å². The highest BCUT2D eigenvalue weighted by Gasteiger charge is 2.37. The summed E-state index contributed by atoms with van der Waals surface area (Å²) in [4.78, 5) is 26.6. The summed E-state index contributed by atoms with van der Waals surface area (Å²) in [5, 5.41) is 2.77. The third-order valence-corrected chi connectivity index (χ3v) is 3.97.